The Hall–Kier alpha value is -3.30. The van der Waals surface area contributed by atoms with Crippen molar-refractivity contribution in [3.05, 3.63) is 78.4 Å². The number of carbonyl (C=O) groups is 1. The number of benzene rings is 2. The molecule has 1 aliphatic heterocycles. The van der Waals surface area contributed by atoms with Gasteiger partial charge in [-0.1, -0.05) is 30.3 Å². The monoisotopic (exact) mass is 544 g/mol. The lowest BCUT2D eigenvalue weighted by atomic mass is 9.55. The second kappa shape index (κ2) is 11.8. The molecule has 9 heteroatoms. The van der Waals surface area contributed by atoms with E-state index in [4.69, 9.17) is 9.47 Å². The van der Waals surface area contributed by atoms with E-state index in [2.05, 4.69) is 33.7 Å². The van der Waals surface area contributed by atoms with Crippen LogP contribution >= 0.6 is 0 Å². The van der Waals surface area contributed by atoms with E-state index in [1.54, 1.807) is 20.3 Å². The number of methoxy groups -OCH3 is 2. The number of carbonyl (C=O) groups excluding carboxylic acids is 1. The van der Waals surface area contributed by atoms with Crippen molar-refractivity contribution < 1.29 is 32.2 Å². The predicted molar refractivity (Wildman–Crippen MR) is 144 cm³/mol. The molecule has 2 aromatic rings. The van der Waals surface area contributed by atoms with Crippen molar-refractivity contribution in [1.82, 2.24) is 10.2 Å². The van der Waals surface area contributed by atoms with Crippen molar-refractivity contribution in [2.75, 3.05) is 33.9 Å². The molecule has 0 spiro atoms. The van der Waals surface area contributed by atoms with Crippen LogP contribution in [0.3, 0.4) is 0 Å². The first-order valence-electron chi connectivity index (χ1n) is 13.0. The molecule has 6 nitrogen and oxygen atoms in total. The van der Waals surface area contributed by atoms with Gasteiger partial charge in [-0.15, -0.1) is 19.8 Å². The number of nitrogens with one attached hydrogen (secondary N) is 1. The van der Waals surface area contributed by atoms with E-state index >= 15 is 0 Å². The standard InChI is InChI=1S/C30H35F3N2O4/c1-4-16-35-17-15-28(23-8-6-9-25(19-23)37-2)20-24(13-14-29(28,21-35)38-3)34-27(36)12-11-22-7-5-10-26(18-22)39-30(31,32)33/h4-12,18-19,24H,1,13-17,20-21H2,2-3H3,(H,34,36)/b12-11+. The molecule has 2 aromatic carbocycles. The summed E-state index contributed by atoms with van der Waals surface area (Å²) in [4.78, 5) is 15.3. The Labute approximate surface area is 227 Å². The van der Waals surface area contributed by atoms with Crippen LogP contribution in [0.2, 0.25) is 0 Å². The van der Waals surface area contributed by atoms with Gasteiger partial charge in [-0.25, -0.2) is 0 Å². The molecule has 2 aliphatic rings. The molecule has 0 radical (unpaired) electrons. The van der Waals surface area contributed by atoms with Crippen molar-refractivity contribution in [2.45, 2.75) is 49.1 Å². The summed E-state index contributed by atoms with van der Waals surface area (Å²) in [5.74, 6) is 0.124. The largest absolute Gasteiger partial charge is 0.573 e. The smallest absolute Gasteiger partial charge is 0.497 e. The predicted octanol–water partition coefficient (Wildman–Crippen LogP) is 5.49. The van der Waals surface area contributed by atoms with Gasteiger partial charge in [-0.2, -0.15) is 0 Å². The summed E-state index contributed by atoms with van der Waals surface area (Å²) in [5, 5.41) is 3.12. The molecule has 0 bridgehead atoms. The Balaban J connectivity index is 1.54. The summed E-state index contributed by atoms with van der Waals surface area (Å²) in [7, 11) is 3.42. The number of hydrogen-bond acceptors (Lipinski definition) is 5. The van der Waals surface area contributed by atoms with E-state index in [1.165, 1.54) is 30.4 Å². The number of hydrogen-bond donors (Lipinski definition) is 1. The maximum atomic E-state index is 12.9. The Morgan fingerprint density at radius 2 is 1.92 bits per heavy atom. The molecule has 1 amide bonds. The molecule has 4 rings (SSSR count). The Morgan fingerprint density at radius 3 is 2.64 bits per heavy atom. The fourth-order valence-corrected chi connectivity index (χ4v) is 6.21. The third kappa shape index (κ3) is 6.47. The molecule has 39 heavy (non-hydrogen) atoms. The lowest BCUT2D eigenvalue weighted by molar-refractivity contribution is -0.274. The molecule has 1 heterocycles. The minimum Gasteiger partial charge on any atom is -0.497 e. The third-order valence-corrected chi connectivity index (χ3v) is 7.96. The first-order valence-corrected chi connectivity index (χ1v) is 13.0. The van der Waals surface area contributed by atoms with E-state index in [1.807, 2.05) is 18.2 Å². The molecule has 2 fully saturated rings. The second-order valence-corrected chi connectivity index (χ2v) is 10.2. The Kier molecular flexibility index (Phi) is 8.71. The molecule has 1 N–H and O–H groups in total. The van der Waals surface area contributed by atoms with Crippen LogP contribution in [0.1, 0.15) is 36.8 Å². The van der Waals surface area contributed by atoms with Crippen molar-refractivity contribution in [1.29, 1.82) is 0 Å². The van der Waals surface area contributed by atoms with Crippen molar-refractivity contribution in [2.24, 2.45) is 0 Å². The van der Waals surface area contributed by atoms with Crippen LogP contribution in [0.25, 0.3) is 6.08 Å². The molecule has 1 saturated heterocycles. The molecule has 0 aromatic heterocycles. The Morgan fingerprint density at radius 1 is 1.15 bits per heavy atom. The van der Waals surface area contributed by atoms with Crippen molar-refractivity contribution in [3.63, 3.8) is 0 Å². The minimum absolute atomic E-state index is 0.109. The molecule has 210 valence electrons. The summed E-state index contributed by atoms with van der Waals surface area (Å²) in [6, 6.07) is 13.5. The number of piperidine rings is 1. The number of likely N-dealkylation sites (tertiary alicyclic amines) is 1. The van der Waals surface area contributed by atoms with Gasteiger partial charge in [0.25, 0.3) is 0 Å². The topological polar surface area (TPSA) is 60.0 Å². The van der Waals surface area contributed by atoms with Crippen LogP contribution in [0.15, 0.2) is 67.3 Å². The van der Waals surface area contributed by atoms with E-state index < -0.39 is 12.0 Å². The quantitative estimate of drug-likeness (QED) is 0.334. The van der Waals surface area contributed by atoms with Crippen LogP contribution in [-0.4, -0.2) is 62.7 Å². The van der Waals surface area contributed by atoms with Gasteiger partial charge in [0.1, 0.15) is 11.5 Å². The number of alkyl halides is 3. The van der Waals surface area contributed by atoms with Crippen LogP contribution in [-0.2, 0) is 14.9 Å². The number of halogens is 3. The highest BCUT2D eigenvalue weighted by atomic mass is 19.4. The first-order chi connectivity index (χ1) is 18.6. The van der Waals surface area contributed by atoms with Gasteiger partial charge < -0.3 is 19.5 Å². The van der Waals surface area contributed by atoms with Crippen LogP contribution in [0.5, 0.6) is 11.5 Å². The van der Waals surface area contributed by atoms with Gasteiger partial charge in [0.15, 0.2) is 0 Å². The number of ether oxygens (including phenoxy) is 3. The number of fused-ring (bicyclic) bond motifs is 1. The normalized spacial score (nSPS) is 25.6. The number of rotatable bonds is 9. The minimum atomic E-state index is -4.78. The lowest BCUT2D eigenvalue weighted by Gasteiger charge is -2.59. The van der Waals surface area contributed by atoms with Gasteiger partial charge in [0.05, 0.1) is 12.7 Å². The fourth-order valence-electron chi connectivity index (χ4n) is 6.21. The van der Waals surface area contributed by atoms with Gasteiger partial charge >= 0.3 is 6.36 Å². The van der Waals surface area contributed by atoms with Gasteiger partial charge in [0, 0.05) is 37.7 Å². The summed E-state index contributed by atoms with van der Waals surface area (Å²) >= 11 is 0. The number of nitrogens with zero attached hydrogens (tertiary/aromatic N) is 1. The average Bonchev–Trinajstić information content (AvgIpc) is 2.91. The Bertz CT molecular complexity index is 1200. The maximum absolute atomic E-state index is 12.9. The lowest BCUT2D eigenvalue weighted by Crippen LogP contribution is -2.67. The van der Waals surface area contributed by atoms with E-state index in [9.17, 15) is 18.0 Å². The molecule has 3 atom stereocenters. The second-order valence-electron chi connectivity index (χ2n) is 10.2. The van der Waals surface area contributed by atoms with E-state index in [0.717, 1.165) is 50.2 Å². The first kappa shape index (κ1) is 28.7. The average molecular weight is 545 g/mol. The van der Waals surface area contributed by atoms with Crippen LogP contribution < -0.4 is 14.8 Å². The zero-order valence-electron chi connectivity index (χ0n) is 22.3. The van der Waals surface area contributed by atoms with Gasteiger partial charge in [-0.05, 0) is 73.7 Å². The highest BCUT2D eigenvalue weighted by Crippen LogP contribution is 2.53. The number of amides is 1. The summed E-state index contributed by atoms with van der Waals surface area (Å²) in [6.07, 6.45) is 2.96. The molecular formula is C30H35F3N2O4. The molecular weight excluding hydrogens is 509 g/mol. The van der Waals surface area contributed by atoms with Gasteiger partial charge in [-0.3, -0.25) is 9.69 Å². The fraction of sp³-hybridized carbons (Fsp3) is 0.433. The van der Waals surface area contributed by atoms with Crippen molar-refractivity contribution >= 4 is 12.0 Å². The summed E-state index contributed by atoms with van der Waals surface area (Å²) in [6.45, 7) is 6.30. The highest BCUT2D eigenvalue weighted by molar-refractivity contribution is 5.92. The molecule has 1 aliphatic carbocycles. The van der Waals surface area contributed by atoms with E-state index in [-0.39, 0.29) is 23.1 Å². The zero-order valence-corrected chi connectivity index (χ0v) is 22.3. The van der Waals surface area contributed by atoms with Crippen molar-refractivity contribution in [3.8, 4) is 11.5 Å². The third-order valence-electron chi connectivity index (χ3n) is 7.96. The summed E-state index contributed by atoms with van der Waals surface area (Å²) in [5.41, 5.74) is 0.752. The van der Waals surface area contributed by atoms with E-state index in [0.29, 0.717) is 12.0 Å². The SMILES string of the molecule is C=CCN1CCC2(c3cccc(OC)c3)CC(NC(=O)/C=C/c3cccc(OC(F)(F)F)c3)CCC2(OC)C1. The van der Waals surface area contributed by atoms with Crippen LogP contribution in [0, 0.1) is 0 Å². The maximum Gasteiger partial charge on any atom is 0.573 e. The van der Waals surface area contributed by atoms with Gasteiger partial charge in [0.2, 0.25) is 5.91 Å². The molecule has 1 saturated carbocycles. The zero-order chi connectivity index (χ0) is 28.1. The highest BCUT2D eigenvalue weighted by Gasteiger charge is 2.58. The van der Waals surface area contributed by atoms with Crippen LogP contribution in [0.4, 0.5) is 13.2 Å². The molecule has 3 unspecified atom stereocenters. The summed E-state index contributed by atoms with van der Waals surface area (Å²) < 4.78 is 53.5.